The number of rotatable bonds is 5. The van der Waals surface area contributed by atoms with Crippen molar-refractivity contribution in [3.05, 3.63) is 65.2 Å². The van der Waals surface area contributed by atoms with E-state index in [4.69, 9.17) is 4.74 Å². The number of ether oxygens (including phenoxy) is 1. The number of para-hydroxylation sites is 1. The first-order chi connectivity index (χ1) is 14.9. The molecular formula is C24H29N3O4. The summed E-state index contributed by atoms with van der Waals surface area (Å²) in [7, 11) is 1.54. The first kappa shape index (κ1) is 22.3. The molecular weight excluding hydrogens is 394 g/mol. The number of nitrogens with zero attached hydrogens (tertiary/aromatic N) is 2. The average Bonchev–Trinajstić information content (AvgIpc) is 3.04. The fourth-order valence-corrected chi connectivity index (χ4v) is 3.73. The molecule has 164 valence electrons. The zero-order valence-corrected chi connectivity index (χ0v) is 18.3. The number of aryl methyl sites for hydroxylation is 1. The Labute approximate surface area is 183 Å². The van der Waals surface area contributed by atoms with Gasteiger partial charge in [0.2, 0.25) is 5.91 Å². The third-order valence-electron chi connectivity index (χ3n) is 5.43. The van der Waals surface area contributed by atoms with Gasteiger partial charge in [0.15, 0.2) is 0 Å². The van der Waals surface area contributed by atoms with E-state index in [1.54, 1.807) is 48.1 Å². The minimum Gasteiger partial charge on any atom is -0.496 e. The molecule has 7 heteroatoms. The predicted octanol–water partition coefficient (Wildman–Crippen LogP) is 2.50. The number of carbonyl (C=O) groups excluding carboxylic acids is 3. The van der Waals surface area contributed by atoms with Gasteiger partial charge in [-0.3, -0.25) is 14.4 Å². The molecule has 0 spiro atoms. The first-order valence-electron chi connectivity index (χ1n) is 10.5. The highest BCUT2D eigenvalue weighted by atomic mass is 16.5. The van der Waals surface area contributed by atoms with Gasteiger partial charge in [-0.25, -0.2) is 0 Å². The number of methoxy groups -OCH3 is 1. The van der Waals surface area contributed by atoms with Crippen molar-refractivity contribution in [3.63, 3.8) is 0 Å². The predicted molar refractivity (Wildman–Crippen MR) is 118 cm³/mol. The lowest BCUT2D eigenvalue weighted by atomic mass is 10.1. The Morgan fingerprint density at radius 3 is 2.42 bits per heavy atom. The van der Waals surface area contributed by atoms with E-state index >= 15 is 0 Å². The van der Waals surface area contributed by atoms with Crippen LogP contribution >= 0.6 is 0 Å². The molecule has 0 aromatic heterocycles. The van der Waals surface area contributed by atoms with Crippen molar-refractivity contribution >= 4 is 17.7 Å². The van der Waals surface area contributed by atoms with Gasteiger partial charge in [-0.2, -0.15) is 0 Å². The zero-order chi connectivity index (χ0) is 22.4. The SMILES string of the molecule is COc1ccccc1C(=O)N1CCCN(C(=O)C(C)NC(=O)c2cccc(C)c2)CC1. The highest BCUT2D eigenvalue weighted by Gasteiger charge is 2.27. The van der Waals surface area contributed by atoms with Crippen LogP contribution in [0.15, 0.2) is 48.5 Å². The first-order valence-corrected chi connectivity index (χ1v) is 10.5. The maximum Gasteiger partial charge on any atom is 0.257 e. The van der Waals surface area contributed by atoms with E-state index in [-0.39, 0.29) is 17.7 Å². The number of carbonyl (C=O) groups is 3. The molecule has 1 fully saturated rings. The molecule has 1 atom stereocenters. The van der Waals surface area contributed by atoms with E-state index in [9.17, 15) is 14.4 Å². The van der Waals surface area contributed by atoms with E-state index in [1.165, 1.54) is 0 Å². The maximum absolute atomic E-state index is 13.0. The summed E-state index contributed by atoms with van der Waals surface area (Å²) in [6.07, 6.45) is 0.672. The quantitative estimate of drug-likeness (QED) is 0.802. The molecule has 1 saturated heterocycles. The van der Waals surface area contributed by atoms with Gasteiger partial charge < -0.3 is 19.9 Å². The Kier molecular flexibility index (Phi) is 7.28. The normalized spacial score (nSPS) is 15.1. The van der Waals surface area contributed by atoms with E-state index in [2.05, 4.69) is 5.32 Å². The minimum atomic E-state index is -0.649. The molecule has 2 aromatic rings. The molecule has 2 aromatic carbocycles. The van der Waals surface area contributed by atoms with Crippen molar-refractivity contribution in [1.82, 2.24) is 15.1 Å². The second-order valence-electron chi connectivity index (χ2n) is 7.74. The lowest BCUT2D eigenvalue weighted by Gasteiger charge is -2.25. The number of benzene rings is 2. The van der Waals surface area contributed by atoms with Crippen LogP contribution in [0.4, 0.5) is 0 Å². The smallest absolute Gasteiger partial charge is 0.257 e. The fourth-order valence-electron chi connectivity index (χ4n) is 3.73. The van der Waals surface area contributed by atoms with Crippen LogP contribution in [0.3, 0.4) is 0 Å². The molecule has 0 aliphatic carbocycles. The number of amides is 3. The van der Waals surface area contributed by atoms with Crippen LogP contribution in [0.25, 0.3) is 0 Å². The standard InChI is InChI=1S/C24H29N3O4/c1-17-8-6-9-19(16-17)22(28)25-18(2)23(29)26-12-7-13-27(15-14-26)24(30)20-10-4-5-11-21(20)31-3/h4-6,8-11,16,18H,7,12-15H2,1-3H3,(H,25,28). The molecule has 0 radical (unpaired) electrons. The Hall–Kier alpha value is -3.35. The van der Waals surface area contributed by atoms with Crippen molar-refractivity contribution in [2.24, 2.45) is 0 Å². The zero-order valence-electron chi connectivity index (χ0n) is 18.3. The number of nitrogens with one attached hydrogen (secondary N) is 1. The average molecular weight is 424 g/mol. The van der Waals surface area contributed by atoms with Crippen LogP contribution in [0.2, 0.25) is 0 Å². The van der Waals surface area contributed by atoms with Gasteiger partial charge in [0, 0.05) is 31.7 Å². The Morgan fingerprint density at radius 1 is 0.968 bits per heavy atom. The molecule has 7 nitrogen and oxygen atoms in total. The number of hydrogen-bond donors (Lipinski definition) is 1. The van der Waals surface area contributed by atoms with Gasteiger partial charge in [0.1, 0.15) is 11.8 Å². The van der Waals surface area contributed by atoms with Crippen LogP contribution < -0.4 is 10.1 Å². The molecule has 3 amide bonds. The van der Waals surface area contributed by atoms with Crippen molar-refractivity contribution in [2.75, 3.05) is 33.3 Å². The third-order valence-corrected chi connectivity index (χ3v) is 5.43. The maximum atomic E-state index is 13.0. The minimum absolute atomic E-state index is 0.104. The summed E-state index contributed by atoms with van der Waals surface area (Å²) in [5.41, 5.74) is 2.03. The summed E-state index contributed by atoms with van der Waals surface area (Å²) in [6, 6.07) is 13.8. The highest BCUT2D eigenvalue weighted by molar-refractivity contribution is 5.98. The van der Waals surface area contributed by atoms with Crippen LogP contribution in [0, 0.1) is 6.92 Å². The lowest BCUT2D eigenvalue weighted by molar-refractivity contribution is -0.132. The second kappa shape index (κ2) is 10.1. The third kappa shape index (κ3) is 5.42. The molecule has 1 heterocycles. The summed E-state index contributed by atoms with van der Waals surface area (Å²) in [5, 5.41) is 2.79. The summed E-state index contributed by atoms with van der Waals surface area (Å²) in [4.78, 5) is 41.8. The van der Waals surface area contributed by atoms with Gasteiger partial charge in [0.05, 0.1) is 12.7 Å². The van der Waals surface area contributed by atoms with Gasteiger partial charge in [-0.15, -0.1) is 0 Å². The van der Waals surface area contributed by atoms with E-state index in [0.717, 1.165) is 5.56 Å². The van der Waals surface area contributed by atoms with Crippen LogP contribution in [0.1, 0.15) is 39.6 Å². The molecule has 0 saturated carbocycles. The molecule has 1 aliphatic rings. The Balaban J connectivity index is 1.60. The number of hydrogen-bond acceptors (Lipinski definition) is 4. The van der Waals surface area contributed by atoms with Crippen molar-refractivity contribution in [1.29, 1.82) is 0 Å². The topological polar surface area (TPSA) is 79.0 Å². The summed E-state index contributed by atoms with van der Waals surface area (Å²) in [5.74, 6) is 0.0182. The van der Waals surface area contributed by atoms with Gasteiger partial charge in [-0.1, -0.05) is 29.8 Å². The molecule has 1 unspecified atom stereocenters. The summed E-state index contributed by atoms with van der Waals surface area (Å²) < 4.78 is 5.31. The summed E-state index contributed by atoms with van der Waals surface area (Å²) >= 11 is 0. The van der Waals surface area contributed by atoms with Crippen molar-refractivity contribution < 1.29 is 19.1 Å². The Bertz CT molecular complexity index is 959. The molecule has 3 rings (SSSR count). The largest absolute Gasteiger partial charge is 0.496 e. The highest BCUT2D eigenvalue weighted by Crippen LogP contribution is 2.20. The fraction of sp³-hybridized carbons (Fsp3) is 0.375. The molecule has 31 heavy (non-hydrogen) atoms. The molecule has 1 N–H and O–H groups in total. The second-order valence-corrected chi connectivity index (χ2v) is 7.74. The molecule has 0 bridgehead atoms. The van der Waals surface area contributed by atoms with Crippen LogP contribution in [-0.4, -0.2) is 66.9 Å². The molecule has 1 aliphatic heterocycles. The van der Waals surface area contributed by atoms with E-state index in [0.29, 0.717) is 49.5 Å². The van der Waals surface area contributed by atoms with Gasteiger partial charge >= 0.3 is 0 Å². The van der Waals surface area contributed by atoms with Gasteiger partial charge in [0.25, 0.3) is 11.8 Å². The van der Waals surface area contributed by atoms with Crippen LogP contribution in [-0.2, 0) is 4.79 Å². The van der Waals surface area contributed by atoms with Gasteiger partial charge in [-0.05, 0) is 44.5 Å². The van der Waals surface area contributed by atoms with Crippen molar-refractivity contribution in [2.45, 2.75) is 26.3 Å². The van der Waals surface area contributed by atoms with E-state index < -0.39 is 6.04 Å². The van der Waals surface area contributed by atoms with E-state index in [1.807, 2.05) is 31.2 Å². The Morgan fingerprint density at radius 2 is 1.68 bits per heavy atom. The summed E-state index contributed by atoms with van der Waals surface area (Å²) in [6.45, 7) is 5.56. The monoisotopic (exact) mass is 423 g/mol. The lowest BCUT2D eigenvalue weighted by Crippen LogP contribution is -2.48. The van der Waals surface area contributed by atoms with Crippen molar-refractivity contribution in [3.8, 4) is 5.75 Å². The van der Waals surface area contributed by atoms with Crippen LogP contribution in [0.5, 0.6) is 5.75 Å².